The lowest BCUT2D eigenvalue weighted by molar-refractivity contribution is -0.147. The molecule has 1 aromatic carbocycles. The molecular formula is C19H21NO5. The van der Waals surface area contributed by atoms with E-state index in [1.807, 2.05) is 0 Å². The number of aliphatic carboxylic acids is 1. The van der Waals surface area contributed by atoms with Gasteiger partial charge >= 0.3 is 5.97 Å². The van der Waals surface area contributed by atoms with Crippen LogP contribution in [0.25, 0.3) is 11.3 Å². The maximum Gasteiger partial charge on any atom is 0.309 e. The molecule has 1 amide bonds. The topological polar surface area (TPSA) is 96.6 Å². The molecule has 1 heterocycles. The van der Waals surface area contributed by atoms with E-state index in [0.717, 1.165) is 5.56 Å². The van der Waals surface area contributed by atoms with Crippen LogP contribution in [0.5, 0.6) is 0 Å². The van der Waals surface area contributed by atoms with Gasteiger partial charge in [0.25, 0.3) is 5.91 Å². The number of carbonyl (C=O) groups excluding carboxylic acids is 2. The van der Waals surface area contributed by atoms with Gasteiger partial charge in [-0.05, 0) is 39.3 Å². The number of amides is 1. The summed E-state index contributed by atoms with van der Waals surface area (Å²) >= 11 is 0. The Morgan fingerprint density at radius 1 is 1.08 bits per heavy atom. The van der Waals surface area contributed by atoms with Crippen LogP contribution in [0.4, 0.5) is 0 Å². The summed E-state index contributed by atoms with van der Waals surface area (Å²) < 4.78 is 5.55. The molecule has 0 spiro atoms. The Kier molecular flexibility index (Phi) is 5.41. The molecular weight excluding hydrogens is 322 g/mol. The summed E-state index contributed by atoms with van der Waals surface area (Å²) in [4.78, 5) is 34.4. The predicted molar refractivity (Wildman–Crippen MR) is 92.5 cm³/mol. The highest BCUT2D eigenvalue weighted by Crippen LogP contribution is 2.23. The summed E-state index contributed by atoms with van der Waals surface area (Å²) in [6.45, 7) is 4.95. The van der Waals surface area contributed by atoms with E-state index in [9.17, 15) is 14.4 Å². The fraction of sp³-hybridized carbons (Fsp3) is 0.316. The summed E-state index contributed by atoms with van der Waals surface area (Å²) in [5.41, 5.74) is 0.463. The van der Waals surface area contributed by atoms with Crippen LogP contribution in [0.1, 0.15) is 48.1 Å². The van der Waals surface area contributed by atoms with Gasteiger partial charge in [-0.1, -0.05) is 24.3 Å². The number of furan rings is 1. The molecule has 6 nitrogen and oxygen atoms in total. The molecule has 0 fully saturated rings. The van der Waals surface area contributed by atoms with Gasteiger partial charge in [-0.25, -0.2) is 0 Å². The number of carboxylic acid groups (broad SMARTS) is 1. The molecule has 2 N–H and O–H groups in total. The van der Waals surface area contributed by atoms with Crippen molar-refractivity contribution in [3.8, 4) is 11.3 Å². The zero-order valence-electron chi connectivity index (χ0n) is 14.5. The number of benzene rings is 1. The third-order valence-corrected chi connectivity index (χ3v) is 4.02. The summed E-state index contributed by atoms with van der Waals surface area (Å²) in [6.07, 6.45) is 0.314. The average Bonchev–Trinajstić information content (AvgIpc) is 3.04. The highest BCUT2D eigenvalue weighted by molar-refractivity contribution is 5.94. The van der Waals surface area contributed by atoms with E-state index in [4.69, 9.17) is 9.52 Å². The minimum absolute atomic E-state index is 0.0182. The van der Waals surface area contributed by atoms with Crippen LogP contribution in [0.3, 0.4) is 0 Å². The molecule has 25 heavy (non-hydrogen) atoms. The maximum atomic E-state index is 12.1. The Bertz CT molecular complexity index is 786. The lowest BCUT2D eigenvalue weighted by Gasteiger charge is -2.18. The quantitative estimate of drug-likeness (QED) is 0.751. The lowest BCUT2D eigenvalue weighted by Crippen LogP contribution is -2.31. The standard InChI is InChI=1S/C19H21NO5/c1-12(21)13-4-6-14(7-5-13)15-8-9-16(25-15)17(22)20-11-10-19(2,3)18(23)24/h4-9H,10-11H2,1-3H3,(H,20,22)(H,23,24). The molecule has 0 unspecified atom stereocenters. The zero-order chi connectivity index (χ0) is 18.6. The minimum atomic E-state index is -0.906. The van der Waals surface area contributed by atoms with Gasteiger partial charge < -0.3 is 14.8 Å². The maximum absolute atomic E-state index is 12.1. The number of nitrogens with one attached hydrogen (secondary N) is 1. The monoisotopic (exact) mass is 343 g/mol. The van der Waals surface area contributed by atoms with Gasteiger partial charge in [0.2, 0.25) is 0 Å². The van der Waals surface area contributed by atoms with Crippen LogP contribution in [-0.2, 0) is 4.79 Å². The van der Waals surface area contributed by atoms with E-state index >= 15 is 0 Å². The Morgan fingerprint density at radius 3 is 2.28 bits per heavy atom. The van der Waals surface area contributed by atoms with Gasteiger partial charge in [0.1, 0.15) is 5.76 Å². The molecule has 2 aromatic rings. The molecule has 2 rings (SSSR count). The first-order valence-corrected chi connectivity index (χ1v) is 7.93. The van der Waals surface area contributed by atoms with Crippen LogP contribution < -0.4 is 5.32 Å². The van der Waals surface area contributed by atoms with Crippen LogP contribution in [0.15, 0.2) is 40.8 Å². The summed E-state index contributed by atoms with van der Waals surface area (Å²) in [7, 11) is 0. The first kappa shape index (κ1) is 18.4. The second kappa shape index (κ2) is 7.34. The molecule has 132 valence electrons. The van der Waals surface area contributed by atoms with Crippen molar-refractivity contribution in [2.24, 2.45) is 5.41 Å². The highest BCUT2D eigenvalue weighted by atomic mass is 16.4. The lowest BCUT2D eigenvalue weighted by atomic mass is 9.90. The van der Waals surface area contributed by atoms with Gasteiger partial charge in [-0.2, -0.15) is 0 Å². The Morgan fingerprint density at radius 2 is 1.72 bits per heavy atom. The number of hydrogen-bond acceptors (Lipinski definition) is 4. The van der Waals surface area contributed by atoms with Crippen molar-refractivity contribution in [2.45, 2.75) is 27.2 Å². The third-order valence-electron chi connectivity index (χ3n) is 4.02. The Balaban J connectivity index is 1.99. The van der Waals surface area contributed by atoms with Crippen molar-refractivity contribution in [3.05, 3.63) is 47.7 Å². The van der Waals surface area contributed by atoms with E-state index in [1.165, 1.54) is 6.92 Å². The molecule has 0 aliphatic rings. The molecule has 0 saturated carbocycles. The molecule has 0 aliphatic heterocycles. The molecule has 0 radical (unpaired) electrons. The van der Waals surface area contributed by atoms with E-state index in [2.05, 4.69) is 5.32 Å². The van der Waals surface area contributed by atoms with Gasteiger partial charge in [0.15, 0.2) is 11.5 Å². The zero-order valence-corrected chi connectivity index (χ0v) is 14.5. The van der Waals surface area contributed by atoms with Crippen LogP contribution >= 0.6 is 0 Å². The van der Waals surface area contributed by atoms with Crippen LogP contribution in [0, 0.1) is 5.41 Å². The average molecular weight is 343 g/mol. The number of rotatable bonds is 7. The van der Waals surface area contributed by atoms with E-state index in [1.54, 1.807) is 50.2 Å². The fourth-order valence-corrected chi connectivity index (χ4v) is 2.17. The fourth-order valence-electron chi connectivity index (χ4n) is 2.17. The van der Waals surface area contributed by atoms with E-state index in [0.29, 0.717) is 17.7 Å². The Labute approximate surface area is 145 Å². The van der Waals surface area contributed by atoms with Crippen molar-refractivity contribution in [1.82, 2.24) is 5.32 Å². The molecule has 0 atom stereocenters. The molecule has 6 heteroatoms. The highest BCUT2D eigenvalue weighted by Gasteiger charge is 2.26. The second-order valence-electron chi connectivity index (χ2n) is 6.49. The first-order chi connectivity index (χ1) is 11.7. The Hall–Kier alpha value is -2.89. The van der Waals surface area contributed by atoms with Crippen molar-refractivity contribution < 1.29 is 23.9 Å². The third kappa shape index (κ3) is 4.56. The summed E-state index contributed by atoms with van der Waals surface area (Å²) in [6, 6.07) is 10.2. The largest absolute Gasteiger partial charge is 0.481 e. The molecule has 0 bridgehead atoms. The number of carbonyl (C=O) groups is 3. The van der Waals surface area contributed by atoms with Gasteiger partial charge in [-0.3, -0.25) is 14.4 Å². The predicted octanol–water partition coefficient (Wildman–Crippen LogP) is 3.38. The number of carboxylic acids is 1. The molecule has 1 aromatic heterocycles. The van der Waals surface area contributed by atoms with Crippen molar-refractivity contribution >= 4 is 17.7 Å². The van der Waals surface area contributed by atoms with E-state index < -0.39 is 17.3 Å². The number of ketones is 1. The van der Waals surface area contributed by atoms with Gasteiger partial charge in [0, 0.05) is 17.7 Å². The van der Waals surface area contributed by atoms with Crippen molar-refractivity contribution in [2.75, 3.05) is 6.54 Å². The molecule has 0 saturated heterocycles. The minimum Gasteiger partial charge on any atom is -0.481 e. The normalized spacial score (nSPS) is 11.2. The second-order valence-corrected chi connectivity index (χ2v) is 6.49. The smallest absolute Gasteiger partial charge is 0.309 e. The summed E-state index contributed by atoms with van der Waals surface area (Å²) in [5.74, 6) is -0.649. The number of Topliss-reactive ketones (excluding diaryl/α,β-unsaturated/α-hetero) is 1. The van der Waals surface area contributed by atoms with Crippen molar-refractivity contribution in [3.63, 3.8) is 0 Å². The van der Waals surface area contributed by atoms with Crippen LogP contribution in [0.2, 0.25) is 0 Å². The van der Waals surface area contributed by atoms with E-state index in [-0.39, 0.29) is 18.1 Å². The molecule has 0 aliphatic carbocycles. The number of hydrogen-bond donors (Lipinski definition) is 2. The van der Waals surface area contributed by atoms with Gasteiger partial charge in [0.05, 0.1) is 5.41 Å². The first-order valence-electron chi connectivity index (χ1n) is 7.93. The van der Waals surface area contributed by atoms with Crippen molar-refractivity contribution in [1.29, 1.82) is 0 Å². The van der Waals surface area contributed by atoms with Crippen LogP contribution in [-0.4, -0.2) is 29.3 Å². The summed E-state index contributed by atoms with van der Waals surface area (Å²) in [5, 5.41) is 11.7. The SMILES string of the molecule is CC(=O)c1ccc(-c2ccc(C(=O)NCCC(C)(C)C(=O)O)o2)cc1. The van der Waals surface area contributed by atoms with Gasteiger partial charge in [-0.15, -0.1) is 0 Å².